The molecule has 1 amide bonds. The maximum atomic E-state index is 12.6. The van der Waals surface area contributed by atoms with Crippen LogP contribution in [0.25, 0.3) is 0 Å². The smallest absolute Gasteiger partial charge is 0.223 e. The van der Waals surface area contributed by atoms with E-state index in [0.29, 0.717) is 12.0 Å². The molecular formula is C16H32N2O. The van der Waals surface area contributed by atoms with Crippen LogP contribution in [0.4, 0.5) is 0 Å². The quantitative estimate of drug-likeness (QED) is 0.805. The third-order valence-electron chi connectivity index (χ3n) is 5.30. The summed E-state index contributed by atoms with van der Waals surface area (Å²) in [6, 6.07) is 0.566. The van der Waals surface area contributed by atoms with E-state index in [2.05, 4.69) is 39.9 Å². The van der Waals surface area contributed by atoms with Gasteiger partial charge in [-0.3, -0.25) is 4.79 Å². The van der Waals surface area contributed by atoms with E-state index < -0.39 is 0 Å². The number of hydrogen-bond acceptors (Lipinski definition) is 2. The Kier molecular flexibility index (Phi) is 5.84. The molecule has 0 heterocycles. The van der Waals surface area contributed by atoms with E-state index in [1.54, 1.807) is 0 Å². The summed E-state index contributed by atoms with van der Waals surface area (Å²) in [5, 5.41) is 3.25. The van der Waals surface area contributed by atoms with Gasteiger partial charge in [-0.1, -0.05) is 41.0 Å². The van der Waals surface area contributed by atoms with Crippen molar-refractivity contribution in [2.75, 3.05) is 0 Å². The van der Waals surface area contributed by atoms with Crippen LogP contribution in [0.1, 0.15) is 66.7 Å². The lowest BCUT2D eigenvalue weighted by molar-refractivity contribution is -0.133. The highest BCUT2D eigenvalue weighted by Crippen LogP contribution is 2.44. The predicted molar refractivity (Wildman–Crippen MR) is 80.8 cm³/mol. The molecule has 0 aromatic rings. The molecule has 1 fully saturated rings. The summed E-state index contributed by atoms with van der Waals surface area (Å²) in [5.41, 5.74) is 6.15. The molecule has 1 rings (SSSR count). The van der Waals surface area contributed by atoms with Crippen molar-refractivity contribution in [1.29, 1.82) is 0 Å². The summed E-state index contributed by atoms with van der Waals surface area (Å²) >= 11 is 0. The fourth-order valence-corrected chi connectivity index (χ4v) is 3.35. The minimum absolute atomic E-state index is 0.00768. The summed E-state index contributed by atoms with van der Waals surface area (Å²) in [6.45, 7) is 10.9. The molecule has 3 heteroatoms. The van der Waals surface area contributed by atoms with Crippen molar-refractivity contribution in [3.8, 4) is 0 Å². The van der Waals surface area contributed by atoms with Gasteiger partial charge < -0.3 is 11.1 Å². The van der Waals surface area contributed by atoms with Crippen molar-refractivity contribution in [2.24, 2.45) is 23.0 Å². The van der Waals surface area contributed by atoms with Crippen LogP contribution in [0.3, 0.4) is 0 Å². The maximum Gasteiger partial charge on any atom is 0.223 e. The molecular weight excluding hydrogens is 236 g/mol. The summed E-state index contributed by atoms with van der Waals surface area (Å²) in [5.74, 6) is 0.737. The zero-order valence-electron chi connectivity index (χ0n) is 13.3. The minimum atomic E-state index is -0.00768. The highest BCUT2D eigenvalue weighted by molar-refractivity contribution is 5.80. The van der Waals surface area contributed by atoms with Crippen LogP contribution in [0.5, 0.6) is 0 Å². The number of amides is 1. The normalized spacial score (nSPS) is 31.8. The Morgan fingerprint density at radius 2 is 2.00 bits per heavy atom. The molecule has 4 unspecified atom stereocenters. The molecule has 19 heavy (non-hydrogen) atoms. The Labute approximate surface area is 118 Å². The van der Waals surface area contributed by atoms with Gasteiger partial charge in [-0.2, -0.15) is 0 Å². The van der Waals surface area contributed by atoms with Crippen molar-refractivity contribution in [2.45, 2.75) is 78.8 Å². The zero-order valence-corrected chi connectivity index (χ0v) is 13.3. The van der Waals surface area contributed by atoms with Gasteiger partial charge in [-0.25, -0.2) is 0 Å². The third-order valence-corrected chi connectivity index (χ3v) is 5.30. The first kappa shape index (κ1) is 16.5. The zero-order chi connectivity index (χ0) is 14.6. The van der Waals surface area contributed by atoms with Gasteiger partial charge in [-0.15, -0.1) is 0 Å². The summed E-state index contributed by atoms with van der Waals surface area (Å²) < 4.78 is 0. The Hall–Kier alpha value is -0.570. The third kappa shape index (κ3) is 3.71. The van der Waals surface area contributed by atoms with Crippen LogP contribution in [0, 0.1) is 17.3 Å². The Morgan fingerprint density at radius 1 is 1.37 bits per heavy atom. The van der Waals surface area contributed by atoms with E-state index in [-0.39, 0.29) is 23.3 Å². The van der Waals surface area contributed by atoms with E-state index in [9.17, 15) is 4.79 Å². The fraction of sp³-hybridized carbons (Fsp3) is 0.938. The highest BCUT2D eigenvalue weighted by atomic mass is 16.2. The Bertz CT molecular complexity index is 301. The average molecular weight is 268 g/mol. The lowest BCUT2D eigenvalue weighted by Gasteiger charge is -2.46. The average Bonchev–Trinajstić information content (AvgIpc) is 2.35. The van der Waals surface area contributed by atoms with E-state index in [1.165, 1.54) is 0 Å². The predicted octanol–water partition coefficient (Wildman–Crippen LogP) is 3.08. The molecule has 0 aliphatic heterocycles. The second kappa shape index (κ2) is 6.74. The standard InChI is InChI=1S/C16H32N2O/c1-6-8-12(7-2)18-15(19)13-9-10-14(17)11(3)16(13,4)5/h11-14H,6-10,17H2,1-5H3,(H,18,19). The van der Waals surface area contributed by atoms with Crippen LogP contribution in [0.2, 0.25) is 0 Å². The van der Waals surface area contributed by atoms with Crippen molar-refractivity contribution in [1.82, 2.24) is 5.32 Å². The molecule has 0 aromatic carbocycles. The van der Waals surface area contributed by atoms with E-state index in [0.717, 1.165) is 32.1 Å². The molecule has 112 valence electrons. The van der Waals surface area contributed by atoms with Gasteiger partial charge in [-0.05, 0) is 37.0 Å². The van der Waals surface area contributed by atoms with Crippen LogP contribution < -0.4 is 11.1 Å². The van der Waals surface area contributed by atoms with Gasteiger partial charge in [0, 0.05) is 18.0 Å². The number of nitrogens with one attached hydrogen (secondary N) is 1. The Balaban J connectivity index is 2.70. The number of rotatable bonds is 5. The van der Waals surface area contributed by atoms with E-state index in [4.69, 9.17) is 5.73 Å². The molecule has 0 aromatic heterocycles. The molecule has 0 radical (unpaired) electrons. The van der Waals surface area contributed by atoms with Gasteiger partial charge in [0.25, 0.3) is 0 Å². The van der Waals surface area contributed by atoms with Crippen LogP contribution in [-0.4, -0.2) is 18.0 Å². The van der Waals surface area contributed by atoms with Gasteiger partial charge in [0.2, 0.25) is 5.91 Å². The van der Waals surface area contributed by atoms with Crippen molar-refractivity contribution >= 4 is 5.91 Å². The summed E-state index contributed by atoms with van der Waals surface area (Å²) in [7, 11) is 0. The van der Waals surface area contributed by atoms with Crippen molar-refractivity contribution < 1.29 is 4.79 Å². The Morgan fingerprint density at radius 3 is 2.53 bits per heavy atom. The van der Waals surface area contributed by atoms with Gasteiger partial charge in [0.05, 0.1) is 0 Å². The van der Waals surface area contributed by atoms with Crippen LogP contribution in [-0.2, 0) is 4.79 Å². The molecule has 1 aliphatic carbocycles. The highest BCUT2D eigenvalue weighted by Gasteiger charge is 2.45. The first-order chi connectivity index (χ1) is 8.84. The van der Waals surface area contributed by atoms with Crippen molar-refractivity contribution in [3.63, 3.8) is 0 Å². The van der Waals surface area contributed by atoms with Gasteiger partial charge in [0.1, 0.15) is 0 Å². The minimum Gasteiger partial charge on any atom is -0.353 e. The molecule has 0 spiro atoms. The van der Waals surface area contributed by atoms with E-state index >= 15 is 0 Å². The molecule has 4 atom stereocenters. The van der Waals surface area contributed by atoms with Crippen LogP contribution >= 0.6 is 0 Å². The summed E-state index contributed by atoms with van der Waals surface area (Å²) in [6.07, 6.45) is 5.10. The molecule has 1 saturated carbocycles. The van der Waals surface area contributed by atoms with Gasteiger partial charge >= 0.3 is 0 Å². The van der Waals surface area contributed by atoms with Crippen LogP contribution in [0.15, 0.2) is 0 Å². The molecule has 0 saturated heterocycles. The van der Waals surface area contributed by atoms with E-state index in [1.807, 2.05) is 0 Å². The molecule has 0 bridgehead atoms. The fourth-order valence-electron chi connectivity index (χ4n) is 3.35. The van der Waals surface area contributed by atoms with Gasteiger partial charge in [0.15, 0.2) is 0 Å². The maximum absolute atomic E-state index is 12.6. The van der Waals surface area contributed by atoms with Crippen molar-refractivity contribution in [3.05, 3.63) is 0 Å². The topological polar surface area (TPSA) is 55.1 Å². The lowest BCUT2D eigenvalue weighted by atomic mass is 9.61. The second-order valence-corrected chi connectivity index (χ2v) is 6.81. The first-order valence-corrected chi connectivity index (χ1v) is 7.90. The SMILES string of the molecule is CCCC(CC)NC(=O)C1CCC(N)C(C)C1(C)C. The summed E-state index contributed by atoms with van der Waals surface area (Å²) in [4.78, 5) is 12.6. The number of carbonyl (C=O) groups excluding carboxylic acids is 1. The monoisotopic (exact) mass is 268 g/mol. The largest absolute Gasteiger partial charge is 0.353 e. The molecule has 3 N–H and O–H groups in total. The number of hydrogen-bond donors (Lipinski definition) is 2. The molecule has 3 nitrogen and oxygen atoms in total. The lowest BCUT2D eigenvalue weighted by Crippen LogP contribution is -2.52. The number of nitrogens with two attached hydrogens (primary N) is 1. The number of carbonyl (C=O) groups is 1. The molecule has 1 aliphatic rings. The first-order valence-electron chi connectivity index (χ1n) is 7.90. The second-order valence-electron chi connectivity index (χ2n) is 6.81.